The van der Waals surface area contributed by atoms with Crippen LogP contribution in [0.15, 0.2) is 23.2 Å². The second kappa shape index (κ2) is 10.5. The van der Waals surface area contributed by atoms with Crippen LogP contribution < -0.4 is 20.1 Å². The largest absolute Gasteiger partial charge is 0.490 e. The Labute approximate surface area is 185 Å². The summed E-state index contributed by atoms with van der Waals surface area (Å²) < 4.78 is 17.5. The highest BCUT2D eigenvalue weighted by Crippen LogP contribution is 2.34. The van der Waals surface area contributed by atoms with Crippen molar-refractivity contribution < 1.29 is 14.2 Å². The smallest absolute Gasteiger partial charge is 0.195 e. The van der Waals surface area contributed by atoms with Crippen molar-refractivity contribution in [1.82, 2.24) is 5.32 Å². The maximum Gasteiger partial charge on any atom is 0.195 e. The van der Waals surface area contributed by atoms with Crippen LogP contribution in [0, 0.1) is 11.3 Å². The summed E-state index contributed by atoms with van der Waals surface area (Å²) in [5, 5.41) is 6.82. The summed E-state index contributed by atoms with van der Waals surface area (Å²) in [7, 11) is 1.79. The molecule has 158 valence electrons. The molecule has 0 amide bonds. The lowest BCUT2D eigenvalue weighted by Gasteiger charge is -2.40. The molecule has 1 saturated heterocycles. The van der Waals surface area contributed by atoms with Crippen molar-refractivity contribution >= 4 is 35.6 Å². The number of benzene rings is 1. The molecule has 28 heavy (non-hydrogen) atoms. The standard InChI is InChI=1S/C21H33N3O3.HI/c1-21(2,3)19-15(7-5-10-27-19)14-23-20(22-4)24-16-8-9-17-18(13-16)26-12-6-11-25-17;/h8-9,13,15,19H,5-7,10-12,14H2,1-4H3,(H2,22,23,24);1H. The number of anilines is 1. The van der Waals surface area contributed by atoms with E-state index in [0.29, 0.717) is 19.1 Å². The number of nitrogens with zero attached hydrogens (tertiary/aromatic N) is 1. The van der Waals surface area contributed by atoms with Gasteiger partial charge in [-0.05, 0) is 30.4 Å². The zero-order valence-corrected chi connectivity index (χ0v) is 19.7. The van der Waals surface area contributed by atoms with Gasteiger partial charge in [-0.1, -0.05) is 20.8 Å². The van der Waals surface area contributed by atoms with Crippen molar-refractivity contribution in [2.45, 2.75) is 46.1 Å². The van der Waals surface area contributed by atoms with Crippen LogP contribution in [-0.2, 0) is 4.74 Å². The van der Waals surface area contributed by atoms with Crippen LogP contribution in [0.5, 0.6) is 11.5 Å². The van der Waals surface area contributed by atoms with Crippen molar-refractivity contribution in [2.24, 2.45) is 16.3 Å². The van der Waals surface area contributed by atoms with Gasteiger partial charge < -0.3 is 24.8 Å². The first-order chi connectivity index (χ1) is 13.0. The van der Waals surface area contributed by atoms with Crippen molar-refractivity contribution in [2.75, 3.05) is 38.7 Å². The van der Waals surface area contributed by atoms with Crippen LogP contribution in [0.4, 0.5) is 5.69 Å². The average molecular weight is 503 g/mol. The second-order valence-electron chi connectivity index (χ2n) is 8.35. The van der Waals surface area contributed by atoms with Crippen LogP contribution in [0.3, 0.4) is 0 Å². The van der Waals surface area contributed by atoms with E-state index in [1.165, 1.54) is 6.42 Å². The minimum absolute atomic E-state index is 0. The van der Waals surface area contributed by atoms with E-state index in [4.69, 9.17) is 14.2 Å². The van der Waals surface area contributed by atoms with E-state index in [0.717, 1.165) is 49.1 Å². The Bertz CT molecular complexity index is 661. The third kappa shape index (κ3) is 6.14. The topological polar surface area (TPSA) is 64.1 Å². The molecule has 6 nitrogen and oxygen atoms in total. The lowest BCUT2D eigenvalue weighted by atomic mass is 9.78. The van der Waals surface area contributed by atoms with Gasteiger partial charge in [0, 0.05) is 44.3 Å². The lowest BCUT2D eigenvalue weighted by Crippen LogP contribution is -2.46. The van der Waals surface area contributed by atoms with Gasteiger partial charge in [0.15, 0.2) is 17.5 Å². The van der Waals surface area contributed by atoms with Gasteiger partial charge in [0.2, 0.25) is 0 Å². The number of ether oxygens (including phenoxy) is 3. The fourth-order valence-electron chi connectivity index (χ4n) is 3.79. The molecule has 1 aromatic carbocycles. The van der Waals surface area contributed by atoms with Gasteiger partial charge >= 0.3 is 0 Å². The van der Waals surface area contributed by atoms with Gasteiger partial charge in [0.25, 0.3) is 0 Å². The van der Waals surface area contributed by atoms with E-state index in [1.807, 2.05) is 18.2 Å². The Kier molecular flexibility index (Phi) is 8.67. The first-order valence-corrected chi connectivity index (χ1v) is 9.96. The highest BCUT2D eigenvalue weighted by molar-refractivity contribution is 14.0. The molecule has 0 spiro atoms. The molecule has 7 heteroatoms. The van der Waals surface area contributed by atoms with Crippen LogP contribution in [0.1, 0.15) is 40.0 Å². The molecule has 2 aliphatic heterocycles. The molecular formula is C21H34IN3O3. The number of hydrogen-bond donors (Lipinski definition) is 2. The van der Waals surface area contributed by atoms with Gasteiger partial charge in [-0.2, -0.15) is 0 Å². The normalized spacial score (nSPS) is 22.6. The number of fused-ring (bicyclic) bond motifs is 1. The molecule has 0 radical (unpaired) electrons. The molecule has 0 aromatic heterocycles. The number of halogens is 1. The summed E-state index contributed by atoms with van der Waals surface area (Å²) in [4.78, 5) is 4.37. The minimum Gasteiger partial charge on any atom is -0.490 e. The highest BCUT2D eigenvalue weighted by atomic mass is 127. The summed E-state index contributed by atoms with van der Waals surface area (Å²) in [5.41, 5.74) is 1.07. The lowest BCUT2D eigenvalue weighted by molar-refractivity contribution is -0.0835. The summed E-state index contributed by atoms with van der Waals surface area (Å²) in [6.45, 7) is 9.83. The third-order valence-corrected chi connectivity index (χ3v) is 5.06. The fourth-order valence-corrected chi connectivity index (χ4v) is 3.79. The number of hydrogen-bond acceptors (Lipinski definition) is 4. The molecule has 3 rings (SSSR count). The monoisotopic (exact) mass is 503 g/mol. The Morgan fingerprint density at radius 3 is 2.57 bits per heavy atom. The number of rotatable bonds is 3. The SMILES string of the molecule is CN=C(NCC1CCCOC1C(C)(C)C)Nc1ccc2c(c1)OCCCO2.I. The van der Waals surface area contributed by atoms with Crippen LogP contribution in [-0.4, -0.2) is 45.5 Å². The zero-order chi connectivity index (χ0) is 19.3. The first-order valence-electron chi connectivity index (χ1n) is 9.96. The molecule has 0 aliphatic carbocycles. The van der Waals surface area contributed by atoms with Crippen molar-refractivity contribution in [3.8, 4) is 11.5 Å². The van der Waals surface area contributed by atoms with E-state index >= 15 is 0 Å². The molecule has 2 atom stereocenters. The van der Waals surface area contributed by atoms with E-state index in [2.05, 4.69) is 36.4 Å². The predicted molar refractivity (Wildman–Crippen MR) is 124 cm³/mol. The second-order valence-corrected chi connectivity index (χ2v) is 8.35. The van der Waals surface area contributed by atoms with E-state index < -0.39 is 0 Å². The highest BCUT2D eigenvalue weighted by Gasteiger charge is 2.35. The molecule has 2 unspecified atom stereocenters. The maximum atomic E-state index is 6.08. The van der Waals surface area contributed by atoms with Gasteiger partial charge in [-0.3, -0.25) is 4.99 Å². The summed E-state index contributed by atoms with van der Waals surface area (Å²) >= 11 is 0. The quantitative estimate of drug-likeness (QED) is 0.366. The zero-order valence-electron chi connectivity index (χ0n) is 17.4. The van der Waals surface area contributed by atoms with Crippen LogP contribution in [0.25, 0.3) is 0 Å². The minimum atomic E-state index is 0. The third-order valence-electron chi connectivity index (χ3n) is 5.06. The number of aliphatic imine (C=N–C) groups is 1. The molecule has 0 bridgehead atoms. The first kappa shape index (κ1) is 23.1. The molecule has 1 aromatic rings. The van der Waals surface area contributed by atoms with Crippen molar-refractivity contribution in [3.63, 3.8) is 0 Å². The molecule has 2 N–H and O–H groups in total. The maximum absolute atomic E-state index is 6.08. The number of guanidine groups is 1. The van der Waals surface area contributed by atoms with Crippen molar-refractivity contribution in [3.05, 3.63) is 18.2 Å². The molecule has 1 fully saturated rings. The average Bonchev–Trinajstić information content (AvgIpc) is 2.89. The van der Waals surface area contributed by atoms with Crippen molar-refractivity contribution in [1.29, 1.82) is 0 Å². The molecular weight excluding hydrogens is 469 g/mol. The van der Waals surface area contributed by atoms with E-state index in [-0.39, 0.29) is 35.5 Å². The summed E-state index contributed by atoms with van der Waals surface area (Å²) in [6, 6.07) is 5.90. The fraction of sp³-hybridized carbons (Fsp3) is 0.667. The van der Waals surface area contributed by atoms with E-state index in [1.54, 1.807) is 7.05 Å². The Hall–Kier alpha value is -1.22. The Balaban J connectivity index is 0.00000280. The van der Waals surface area contributed by atoms with E-state index in [9.17, 15) is 0 Å². The van der Waals surface area contributed by atoms with Gasteiger partial charge in [-0.15, -0.1) is 24.0 Å². The summed E-state index contributed by atoms with van der Waals surface area (Å²) in [6.07, 6.45) is 3.46. The van der Waals surface area contributed by atoms with Crippen LogP contribution in [0.2, 0.25) is 0 Å². The molecule has 2 aliphatic rings. The molecule has 0 saturated carbocycles. The molecule has 2 heterocycles. The van der Waals surface area contributed by atoms with Gasteiger partial charge in [-0.25, -0.2) is 0 Å². The predicted octanol–water partition coefficient (Wildman–Crippen LogP) is 4.29. The Morgan fingerprint density at radius 2 is 1.86 bits per heavy atom. The van der Waals surface area contributed by atoms with Crippen LogP contribution >= 0.6 is 24.0 Å². The summed E-state index contributed by atoms with van der Waals surface area (Å²) in [5.74, 6) is 2.80. The Morgan fingerprint density at radius 1 is 1.11 bits per heavy atom. The number of nitrogens with one attached hydrogen (secondary N) is 2. The van der Waals surface area contributed by atoms with Gasteiger partial charge in [0.1, 0.15) is 0 Å². The van der Waals surface area contributed by atoms with Gasteiger partial charge in [0.05, 0.1) is 19.3 Å².